The van der Waals surface area contributed by atoms with Crippen LogP contribution in [0, 0.1) is 38.6 Å². The fourth-order valence-electron chi connectivity index (χ4n) is 5.72. The summed E-state index contributed by atoms with van der Waals surface area (Å²) in [6.07, 6.45) is 0. The molecule has 4 aromatic rings. The summed E-state index contributed by atoms with van der Waals surface area (Å²) < 4.78 is 54.4. The van der Waals surface area contributed by atoms with E-state index < -0.39 is 53.0 Å². The summed E-state index contributed by atoms with van der Waals surface area (Å²) in [6.45, 7) is 21.4. The zero-order valence-corrected chi connectivity index (χ0v) is 35.4. The molecule has 0 aromatic heterocycles. The predicted octanol–water partition coefficient (Wildman–Crippen LogP) is 8.79. The van der Waals surface area contributed by atoms with Gasteiger partial charge in [0.15, 0.2) is 16.5 Å². The maximum Gasteiger partial charge on any atom is 0.330 e. The Bertz CT molecular complexity index is 2600. The molecule has 1 fully saturated rings. The highest BCUT2D eigenvalue weighted by molar-refractivity contribution is 7.81. The molecule has 17 heteroatoms. The molecule has 4 aromatic carbocycles. The number of hydrogen-bond acceptors (Lipinski definition) is 9. The first-order valence-electron chi connectivity index (χ1n) is 19.1. The van der Waals surface area contributed by atoms with Gasteiger partial charge in [-0.1, -0.05) is 12.1 Å². The zero-order chi connectivity index (χ0) is 47.6. The third-order valence-corrected chi connectivity index (χ3v) is 9.32. The minimum atomic E-state index is -2.76. The van der Waals surface area contributed by atoms with Gasteiger partial charge in [0.05, 0.1) is 42.2 Å². The summed E-state index contributed by atoms with van der Waals surface area (Å²) in [5.41, 5.74) is 1.89. The van der Waals surface area contributed by atoms with Crippen LogP contribution in [0.5, 0.6) is 0 Å². The number of carbonyl (C=O) groups is 4. The molecular formula is C43H42F2N8O5S2. The third-order valence-electron chi connectivity index (χ3n) is 8.86. The van der Waals surface area contributed by atoms with Crippen LogP contribution in [0.25, 0.3) is 9.69 Å². The standard InChI is InChI=1S/C21H19FN4O2S.C13H17FN2O3.C9H6N2S/c1-12-10-13(7-9-17(12)23-4)25-19(28)21(2,3)26(20(25)29)14-6-8-15(16(22)11-14)18(27)24-5;1-13(2,12(18)19-4)16-8-5-6-9(10(14)7-8)11(17)15-3;1-7-5-8(11-6-12)3-4-9(7)10-2/h6-11H,1-3,5H3,(H,24,27);5-7,16H,1-4H3,(H,15,17);3-5H,1H3/i5D3;;. The molecule has 0 atom stereocenters. The van der Waals surface area contributed by atoms with Gasteiger partial charge in [0, 0.05) is 35.2 Å². The van der Waals surface area contributed by atoms with Crippen molar-refractivity contribution in [1.29, 1.82) is 0 Å². The summed E-state index contributed by atoms with van der Waals surface area (Å²) in [7, 11) is 2.70. The second-order valence-corrected chi connectivity index (χ2v) is 14.4. The van der Waals surface area contributed by atoms with Crippen molar-refractivity contribution in [3.05, 3.63) is 130 Å². The number of thiocarbonyl (C=S) groups is 2. The van der Waals surface area contributed by atoms with Crippen molar-refractivity contribution >= 4 is 92.5 Å². The monoisotopic (exact) mass is 855 g/mol. The van der Waals surface area contributed by atoms with E-state index in [0.29, 0.717) is 28.3 Å². The van der Waals surface area contributed by atoms with Gasteiger partial charge < -0.3 is 25.6 Å². The molecular weight excluding hydrogens is 811 g/mol. The number of benzene rings is 4. The van der Waals surface area contributed by atoms with Crippen LogP contribution in [-0.4, -0.2) is 66.2 Å². The molecule has 0 unspecified atom stereocenters. The normalized spacial score (nSPS) is 13.5. The lowest BCUT2D eigenvalue weighted by molar-refractivity contribution is -0.144. The molecule has 310 valence electrons. The first kappa shape index (κ1) is 42.7. The van der Waals surface area contributed by atoms with Crippen LogP contribution in [0.1, 0.15) is 63.7 Å². The van der Waals surface area contributed by atoms with Crippen LogP contribution in [0.2, 0.25) is 0 Å². The van der Waals surface area contributed by atoms with Gasteiger partial charge in [0.2, 0.25) is 0 Å². The Morgan fingerprint density at radius 2 is 1.43 bits per heavy atom. The highest BCUT2D eigenvalue weighted by Gasteiger charge is 2.50. The van der Waals surface area contributed by atoms with Crippen LogP contribution in [0.3, 0.4) is 0 Å². The molecule has 1 aliphatic rings. The highest BCUT2D eigenvalue weighted by atomic mass is 32.1. The average Bonchev–Trinajstić information content (AvgIpc) is 3.38. The maximum atomic E-state index is 14.7. The lowest BCUT2D eigenvalue weighted by atomic mass is 10.0. The summed E-state index contributed by atoms with van der Waals surface area (Å²) >= 11 is 10.0. The van der Waals surface area contributed by atoms with Crippen LogP contribution < -0.4 is 25.8 Å². The Kier molecular flexibility index (Phi) is 14.4. The summed E-state index contributed by atoms with van der Waals surface area (Å²) in [6, 6.07) is 17.8. The molecule has 0 bridgehead atoms. The SMILES string of the molecule is CNC(=O)c1ccc(NC(C)(C)C(=O)OC)cc1F.[2H]C([2H])([2H])NC(=O)c1ccc(N2C(=S)N(c3ccc([N+]#[C-])c(C)c3)C(=O)C2(C)C)cc1F.[C-]#[N+]c1ccc(N=C=S)cc1C. The van der Waals surface area contributed by atoms with Gasteiger partial charge in [-0.3, -0.25) is 19.3 Å². The quantitative estimate of drug-likeness (QED) is 0.0687. The van der Waals surface area contributed by atoms with E-state index in [0.717, 1.165) is 29.4 Å². The minimum Gasteiger partial charge on any atom is -0.467 e. The van der Waals surface area contributed by atoms with Crippen molar-refractivity contribution in [3.8, 4) is 0 Å². The number of hydrogen-bond donors (Lipinski definition) is 3. The number of ether oxygens (including phenoxy) is 1. The van der Waals surface area contributed by atoms with Crippen molar-refractivity contribution in [2.24, 2.45) is 4.99 Å². The number of esters is 1. The minimum absolute atomic E-state index is 0.0519. The van der Waals surface area contributed by atoms with E-state index in [9.17, 15) is 28.0 Å². The van der Waals surface area contributed by atoms with Gasteiger partial charge >= 0.3 is 5.97 Å². The second kappa shape index (κ2) is 20.2. The van der Waals surface area contributed by atoms with Crippen LogP contribution in [-0.2, 0) is 14.3 Å². The van der Waals surface area contributed by atoms with Crippen LogP contribution >= 0.6 is 24.4 Å². The van der Waals surface area contributed by atoms with Gasteiger partial charge in [-0.05, 0) is 138 Å². The maximum absolute atomic E-state index is 14.7. The fourth-order valence-corrected chi connectivity index (χ4v) is 6.35. The van der Waals surface area contributed by atoms with Crippen molar-refractivity contribution < 1.29 is 36.8 Å². The Morgan fingerprint density at radius 3 is 1.93 bits per heavy atom. The number of halogens is 2. The zero-order valence-electron chi connectivity index (χ0n) is 36.8. The number of nitrogens with zero attached hydrogens (tertiary/aromatic N) is 5. The lowest BCUT2D eigenvalue weighted by Gasteiger charge is -2.29. The summed E-state index contributed by atoms with van der Waals surface area (Å²) in [5, 5.41) is 9.32. The van der Waals surface area contributed by atoms with Gasteiger partial charge in [-0.2, -0.15) is 4.99 Å². The van der Waals surface area contributed by atoms with E-state index >= 15 is 0 Å². The molecule has 0 saturated carbocycles. The van der Waals surface area contributed by atoms with E-state index in [4.69, 9.17) is 29.5 Å². The number of nitrogens with one attached hydrogen (secondary N) is 3. The molecule has 0 spiro atoms. The first-order valence-corrected chi connectivity index (χ1v) is 18.4. The van der Waals surface area contributed by atoms with Crippen LogP contribution in [0.15, 0.2) is 77.8 Å². The van der Waals surface area contributed by atoms with Gasteiger partial charge in [0.25, 0.3) is 17.7 Å². The number of isothiocyanates is 1. The molecule has 3 N–H and O–H groups in total. The van der Waals surface area contributed by atoms with E-state index in [1.165, 1.54) is 42.2 Å². The van der Waals surface area contributed by atoms with Gasteiger partial charge in [-0.15, -0.1) is 0 Å². The Morgan fingerprint density at radius 1 is 0.883 bits per heavy atom. The molecule has 1 saturated heterocycles. The van der Waals surface area contributed by atoms with Crippen molar-refractivity contribution in [1.82, 2.24) is 10.6 Å². The van der Waals surface area contributed by atoms with Gasteiger partial charge in [0.1, 0.15) is 22.7 Å². The average molecular weight is 856 g/mol. The van der Waals surface area contributed by atoms with Crippen molar-refractivity contribution in [3.63, 3.8) is 0 Å². The molecule has 0 aliphatic carbocycles. The first-order chi connectivity index (χ1) is 29.4. The molecule has 0 radical (unpaired) electrons. The number of amides is 3. The van der Waals surface area contributed by atoms with E-state index in [2.05, 4.69) is 47.4 Å². The Labute approximate surface area is 362 Å². The number of methoxy groups -OCH3 is 1. The summed E-state index contributed by atoms with van der Waals surface area (Å²) in [5.74, 6) is -4.01. The van der Waals surface area contributed by atoms with E-state index in [1.54, 1.807) is 70.3 Å². The Hall–Kier alpha value is -6.91. The number of carbonyl (C=O) groups excluding carboxylic acids is 4. The summed E-state index contributed by atoms with van der Waals surface area (Å²) in [4.78, 5) is 61.5. The third kappa shape index (κ3) is 10.8. The molecule has 5 rings (SSSR count). The number of aliphatic imine (C=N–C) groups is 1. The lowest BCUT2D eigenvalue weighted by Crippen LogP contribution is -2.44. The number of rotatable bonds is 8. The van der Waals surface area contributed by atoms with Crippen molar-refractivity contribution in [2.75, 3.05) is 36.2 Å². The van der Waals surface area contributed by atoms with Gasteiger partial charge in [-0.25, -0.2) is 23.3 Å². The number of aryl methyl sites for hydroxylation is 2. The second-order valence-electron chi connectivity index (χ2n) is 13.8. The number of anilines is 3. The fraction of sp³-hybridized carbons (Fsp3) is 0.256. The molecule has 13 nitrogen and oxygen atoms in total. The van der Waals surface area contributed by atoms with E-state index in [1.807, 2.05) is 13.0 Å². The molecule has 1 aliphatic heterocycles. The topological polar surface area (TPSA) is 141 Å². The predicted molar refractivity (Wildman–Crippen MR) is 236 cm³/mol. The highest BCUT2D eigenvalue weighted by Crippen LogP contribution is 2.38. The molecule has 3 amide bonds. The van der Waals surface area contributed by atoms with Crippen LogP contribution in [0.4, 0.5) is 42.9 Å². The largest absolute Gasteiger partial charge is 0.467 e. The molecule has 1 heterocycles. The van der Waals surface area contributed by atoms with Crippen molar-refractivity contribution in [2.45, 2.75) is 52.6 Å². The molecule has 60 heavy (non-hydrogen) atoms. The van der Waals surface area contributed by atoms with E-state index in [-0.39, 0.29) is 22.3 Å². The smallest absolute Gasteiger partial charge is 0.330 e. The Balaban J connectivity index is 0.000000287.